The van der Waals surface area contributed by atoms with Crippen LogP contribution in [0.1, 0.15) is 0 Å². The molecule has 0 unspecified atom stereocenters. The van der Waals surface area contributed by atoms with Crippen LogP contribution in [0.25, 0.3) is 154 Å². The van der Waals surface area contributed by atoms with Crippen molar-refractivity contribution in [1.29, 1.82) is 0 Å². The molecule has 0 aliphatic rings. The van der Waals surface area contributed by atoms with E-state index in [2.05, 4.69) is 325 Å². The fourth-order valence-corrected chi connectivity index (χ4v) is 13.0. The third-order valence-corrected chi connectivity index (χ3v) is 16.9. The van der Waals surface area contributed by atoms with Gasteiger partial charge in [-0.2, -0.15) is 0 Å². The summed E-state index contributed by atoms with van der Waals surface area (Å²) in [6.45, 7) is 0. The molecule has 0 amide bonds. The molecular formula is C80H52N2. The zero-order valence-corrected chi connectivity index (χ0v) is 44.9. The second kappa shape index (κ2) is 19.5. The van der Waals surface area contributed by atoms with Crippen LogP contribution in [0.4, 0.5) is 0 Å². The highest BCUT2D eigenvalue weighted by molar-refractivity contribution is 6.22. The van der Waals surface area contributed by atoms with Crippen LogP contribution >= 0.6 is 0 Å². The molecule has 2 aromatic heterocycles. The number of para-hydroxylation sites is 2. The number of aromatic nitrogens is 2. The van der Waals surface area contributed by atoms with E-state index in [0.717, 1.165) is 11.4 Å². The molecule has 0 saturated heterocycles. The van der Waals surface area contributed by atoms with E-state index in [1.165, 1.54) is 143 Å². The minimum absolute atomic E-state index is 1.15. The van der Waals surface area contributed by atoms with Crippen molar-refractivity contribution in [2.75, 3.05) is 0 Å². The van der Waals surface area contributed by atoms with Gasteiger partial charge in [0.25, 0.3) is 0 Å². The number of nitrogens with zero attached hydrogens (tertiary/aromatic N) is 2. The lowest BCUT2D eigenvalue weighted by Crippen LogP contribution is -1.93. The Morgan fingerprint density at radius 2 is 0.354 bits per heavy atom. The number of hydrogen-bond acceptors (Lipinski definition) is 0. The predicted octanol–water partition coefficient (Wildman–Crippen LogP) is 21.9. The van der Waals surface area contributed by atoms with Gasteiger partial charge in [-0.05, 0) is 172 Å². The second-order valence-electron chi connectivity index (χ2n) is 21.6. The maximum absolute atomic E-state index is 2.41. The third-order valence-electron chi connectivity index (χ3n) is 16.9. The van der Waals surface area contributed by atoms with E-state index < -0.39 is 0 Å². The molecule has 2 heteroatoms. The van der Waals surface area contributed by atoms with Crippen LogP contribution in [0, 0.1) is 0 Å². The van der Waals surface area contributed by atoms with Crippen LogP contribution in [0.3, 0.4) is 0 Å². The summed E-state index contributed by atoms with van der Waals surface area (Å²) in [4.78, 5) is 0. The van der Waals surface area contributed by atoms with Crippen molar-refractivity contribution >= 4 is 65.2 Å². The molecule has 0 N–H and O–H groups in total. The molecule has 2 nitrogen and oxygen atoms in total. The summed E-state index contributed by atoms with van der Waals surface area (Å²) < 4.78 is 4.80. The molecule has 16 rings (SSSR count). The quantitative estimate of drug-likeness (QED) is 0.128. The Labute approximate surface area is 476 Å². The standard InChI is InChI=1S/C80H52N2/c1-5-17-53(18-6-1)55-29-31-56(32-30-55)62-42-46-77-73(50-62)74-52-64(44-48-78(74)82(77)66-23-11-4-12-24-66)58-35-39-60(40-36-58)80-69-27-15-13-25-67(69)79(68-26-14-16-28-70(68)80)59-37-33-57(34-38-59)63-43-47-76-72(51-63)71-49-61(54-19-7-2-8-20-54)41-45-75(71)81(76)65-21-9-3-10-22-65/h1-52H. The SMILES string of the molecule is c1ccc(-c2ccc(-c3ccc4c(c3)c3cc(-c5ccc(-c6c7ccccc7c(-c7ccc(-c8ccc9c(c8)c8cc(-c%10ccccc%10)ccc8n9-c8ccccc8)cc7)c7ccccc67)cc5)ccc3n4-c3ccccc3)cc2)cc1. The minimum atomic E-state index is 1.15. The average Bonchev–Trinajstić information content (AvgIpc) is 4.25. The van der Waals surface area contributed by atoms with Gasteiger partial charge in [-0.3, -0.25) is 0 Å². The summed E-state index contributed by atoms with van der Waals surface area (Å²) in [6, 6.07) is 116. The maximum atomic E-state index is 2.41. The fraction of sp³-hybridized carbons (Fsp3) is 0. The molecule has 14 aromatic carbocycles. The van der Waals surface area contributed by atoms with E-state index in [4.69, 9.17) is 0 Å². The van der Waals surface area contributed by atoms with E-state index in [-0.39, 0.29) is 0 Å². The third kappa shape index (κ3) is 7.95. The van der Waals surface area contributed by atoms with Gasteiger partial charge in [-0.15, -0.1) is 0 Å². The molecule has 382 valence electrons. The Balaban J connectivity index is 0.760. The molecule has 0 aliphatic carbocycles. The average molecular weight is 1040 g/mol. The lowest BCUT2D eigenvalue weighted by Gasteiger charge is -2.18. The van der Waals surface area contributed by atoms with Gasteiger partial charge in [-0.25, -0.2) is 0 Å². The molecule has 82 heavy (non-hydrogen) atoms. The van der Waals surface area contributed by atoms with Crippen LogP contribution < -0.4 is 0 Å². The largest absolute Gasteiger partial charge is 0.309 e. The summed E-state index contributed by atoms with van der Waals surface area (Å²) in [5.74, 6) is 0. The van der Waals surface area contributed by atoms with Crippen molar-refractivity contribution < 1.29 is 0 Å². The summed E-state index contributed by atoms with van der Waals surface area (Å²) >= 11 is 0. The van der Waals surface area contributed by atoms with Gasteiger partial charge >= 0.3 is 0 Å². The lowest BCUT2D eigenvalue weighted by atomic mass is 9.85. The molecule has 0 aliphatic heterocycles. The van der Waals surface area contributed by atoms with Crippen LogP contribution in [-0.4, -0.2) is 9.13 Å². The smallest absolute Gasteiger partial charge is 0.0541 e. The first-order valence-electron chi connectivity index (χ1n) is 28.3. The van der Waals surface area contributed by atoms with E-state index in [0.29, 0.717) is 0 Å². The van der Waals surface area contributed by atoms with Crippen molar-refractivity contribution in [2.24, 2.45) is 0 Å². The highest BCUT2D eigenvalue weighted by Gasteiger charge is 2.20. The number of benzene rings is 14. The monoisotopic (exact) mass is 1040 g/mol. The van der Waals surface area contributed by atoms with E-state index in [1.54, 1.807) is 0 Å². The van der Waals surface area contributed by atoms with Gasteiger partial charge in [-0.1, -0.05) is 243 Å². The Hall–Kier alpha value is -10.8. The predicted molar refractivity (Wildman–Crippen MR) is 348 cm³/mol. The molecule has 0 saturated carbocycles. The van der Waals surface area contributed by atoms with Gasteiger partial charge in [0.05, 0.1) is 22.1 Å². The van der Waals surface area contributed by atoms with E-state index >= 15 is 0 Å². The van der Waals surface area contributed by atoms with Crippen LogP contribution in [0.15, 0.2) is 315 Å². The number of fused-ring (bicyclic) bond motifs is 8. The molecule has 0 atom stereocenters. The molecule has 16 aromatic rings. The topological polar surface area (TPSA) is 9.86 Å². The second-order valence-corrected chi connectivity index (χ2v) is 21.6. The molecular weight excluding hydrogens is 989 g/mol. The fourth-order valence-electron chi connectivity index (χ4n) is 13.0. The highest BCUT2D eigenvalue weighted by Crippen LogP contribution is 2.46. The summed E-state index contributed by atoms with van der Waals surface area (Å²) in [5.41, 5.74) is 24.0. The van der Waals surface area contributed by atoms with Crippen molar-refractivity contribution in [2.45, 2.75) is 0 Å². The van der Waals surface area contributed by atoms with E-state index in [9.17, 15) is 0 Å². The molecule has 0 spiro atoms. The van der Waals surface area contributed by atoms with Gasteiger partial charge in [0.15, 0.2) is 0 Å². The first-order chi connectivity index (χ1) is 40.7. The summed E-state index contributed by atoms with van der Waals surface area (Å²) in [6.07, 6.45) is 0. The number of rotatable bonds is 9. The molecule has 2 heterocycles. The van der Waals surface area contributed by atoms with Gasteiger partial charge in [0.2, 0.25) is 0 Å². The first-order valence-corrected chi connectivity index (χ1v) is 28.3. The van der Waals surface area contributed by atoms with E-state index in [1.807, 2.05) is 0 Å². The Bertz CT molecular complexity index is 5020. The van der Waals surface area contributed by atoms with Crippen molar-refractivity contribution in [3.05, 3.63) is 315 Å². The minimum Gasteiger partial charge on any atom is -0.309 e. The van der Waals surface area contributed by atoms with Crippen molar-refractivity contribution in [1.82, 2.24) is 9.13 Å². The van der Waals surface area contributed by atoms with Crippen molar-refractivity contribution in [3.63, 3.8) is 0 Å². The van der Waals surface area contributed by atoms with Gasteiger partial charge < -0.3 is 9.13 Å². The van der Waals surface area contributed by atoms with Gasteiger partial charge in [0, 0.05) is 32.9 Å². The molecule has 0 bridgehead atoms. The lowest BCUT2D eigenvalue weighted by molar-refractivity contribution is 1.18. The van der Waals surface area contributed by atoms with Crippen LogP contribution in [0.2, 0.25) is 0 Å². The summed E-state index contributed by atoms with van der Waals surface area (Å²) in [5, 5.41) is 9.91. The zero-order chi connectivity index (χ0) is 54.1. The van der Waals surface area contributed by atoms with Crippen LogP contribution in [0.5, 0.6) is 0 Å². The molecule has 0 radical (unpaired) electrons. The Kier molecular flexibility index (Phi) is 11.2. The zero-order valence-electron chi connectivity index (χ0n) is 44.9. The highest BCUT2D eigenvalue weighted by atomic mass is 15.0. The van der Waals surface area contributed by atoms with Crippen LogP contribution in [-0.2, 0) is 0 Å². The maximum Gasteiger partial charge on any atom is 0.0541 e. The molecule has 0 fully saturated rings. The van der Waals surface area contributed by atoms with Gasteiger partial charge in [0.1, 0.15) is 0 Å². The number of hydrogen-bond donors (Lipinski definition) is 0. The summed E-state index contributed by atoms with van der Waals surface area (Å²) in [7, 11) is 0. The van der Waals surface area contributed by atoms with Crippen molar-refractivity contribution in [3.8, 4) is 89.3 Å². The normalized spacial score (nSPS) is 11.7. The first kappa shape index (κ1) is 47.2. The Morgan fingerprint density at radius 1 is 0.146 bits per heavy atom. The Morgan fingerprint density at radius 3 is 0.646 bits per heavy atom.